The van der Waals surface area contributed by atoms with Crippen LogP contribution >= 0.6 is 0 Å². The van der Waals surface area contributed by atoms with Gasteiger partial charge in [0, 0.05) is 6.54 Å². The van der Waals surface area contributed by atoms with E-state index in [1.807, 2.05) is 6.07 Å². The fourth-order valence-corrected chi connectivity index (χ4v) is 4.63. The first-order valence-electron chi connectivity index (χ1n) is 11.1. The van der Waals surface area contributed by atoms with Gasteiger partial charge in [-0.15, -0.1) is 0 Å². The van der Waals surface area contributed by atoms with E-state index in [9.17, 15) is 0 Å². The molecular formula is C26H23F4N3. The lowest BCUT2D eigenvalue weighted by Crippen LogP contribution is -2.29. The van der Waals surface area contributed by atoms with E-state index in [1.165, 1.54) is 24.6 Å². The number of piperidine rings is 1. The Labute approximate surface area is 189 Å². The van der Waals surface area contributed by atoms with Gasteiger partial charge in [-0.05, 0) is 67.7 Å². The molecule has 5 rings (SSSR count). The normalized spacial score (nSPS) is 14.8. The van der Waals surface area contributed by atoms with Gasteiger partial charge < -0.3 is 4.98 Å². The van der Waals surface area contributed by atoms with Crippen LogP contribution in [-0.4, -0.2) is 28.0 Å². The molecule has 0 atom stereocenters. The summed E-state index contributed by atoms with van der Waals surface area (Å²) in [7, 11) is 0. The molecule has 0 saturated carbocycles. The topological polar surface area (TPSA) is 31.9 Å². The molecule has 0 amide bonds. The molecule has 1 aliphatic rings. The third-order valence-corrected chi connectivity index (χ3v) is 6.22. The number of aromatic nitrogens is 2. The summed E-state index contributed by atoms with van der Waals surface area (Å²) in [5, 5.41) is 0. The fourth-order valence-electron chi connectivity index (χ4n) is 4.63. The van der Waals surface area contributed by atoms with Crippen molar-refractivity contribution in [3.8, 4) is 22.3 Å². The molecule has 3 nitrogen and oxygen atoms in total. The first kappa shape index (κ1) is 21.6. The van der Waals surface area contributed by atoms with Gasteiger partial charge in [0.1, 0.15) is 5.82 Å². The standard InChI is InChI=1S/C26H23F4N3/c1-15-31-19-9-8-18(13-20(19)32-15)22-25(29)23(27)21(24(28)26(22)30)17-7-5-6-16(12-17)14-33-10-3-2-4-11-33/h5-9,12-13H,2-4,10-11,14H2,1H3,(H,31,32). The zero-order valence-electron chi connectivity index (χ0n) is 18.2. The molecule has 7 heteroatoms. The van der Waals surface area contributed by atoms with Crippen LogP contribution in [0, 0.1) is 30.2 Å². The first-order chi connectivity index (χ1) is 15.9. The Bertz CT molecular complexity index is 1310. The predicted molar refractivity (Wildman–Crippen MR) is 121 cm³/mol. The van der Waals surface area contributed by atoms with E-state index in [2.05, 4.69) is 14.9 Å². The van der Waals surface area contributed by atoms with Crippen molar-refractivity contribution in [2.45, 2.75) is 32.7 Å². The largest absolute Gasteiger partial charge is 0.342 e. The highest BCUT2D eigenvalue weighted by atomic mass is 19.2. The Morgan fingerprint density at radius 2 is 1.45 bits per heavy atom. The minimum absolute atomic E-state index is 0.0318. The van der Waals surface area contributed by atoms with E-state index in [-0.39, 0.29) is 11.1 Å². The van der Waals surface area contributed by atoms with Crippen molar-refractivity contribution < 1.29 is 17.6 Å². The van der Waals surface area contributed by atoms with Crippen molar-refractivity contribution in [1.29, 1.82) is 0 Å². The van der Waals surface area contributed by atoms with Crippen LogP contribution in [0.3, 0.4) is 0 Å². The highest BCUT2D eigenvalue weighted by Gasteiger charge is 2.27. The Morgan fingerprint density at radius 3 is 2.12 bits per heavy atom. The van der Waals surface area contributed by atoms with Gasteiger partial charge in [0.05, 0.1) is 22.2 Å². The summed E-state index contributed by atoms with van der Waals surface area (Å²) >= 11 is 0. The van der Waals surface area contributed by atoms with E-state index < -0.39 is 34.4 Å². The quantitative estimate of drug-likeness (QED) is 0.274. The number of nitrogens with zero attached hydrogens (tertiary/aromatic N) is 2. The van der Waals surface area contributed by atoms with Crippen molar-refractivity contribution in [2.24, 2.45) is 0 Å². The number of halogens is 4. The number of hydrogen-bond donors (Lipinski definition) is 1. The van der Waals surface area contributed by atoms with Crippen LogP contribution < -0.4 is 0 Å². The molecule has 0 aliphatic carbocycles. The molecular weight excluding hydrogens is 430 g/mol. The summed E-state index contributed by atoms with van der Waals surface area (Å²) in [6, 6.07) is 11.0. The summed E-state index contributed by atoms with van der Waals surface area (Å²) in [5.41, 5.74) is 0.699. The van der Waals surface area contributed by atoms with Gasteiger partial charge in [0.15, 0.2) is 23.3 Å². The average Bonchev–Trinajstić information content (AvgIpc) is 3.18. The molecule has 33 heavy (non-hydrogen) atoms. The zero-order valence-corrected chi connectivity index (χ0v) is 18.2. The van der Waals surface area contributed by atoms with E-state index in [4.69, 9.17) is 0 Å². The van der Waals surface area contributed by atoms with Gasteiger partial charge in [-0.1, -0.05) is 30.7 Å². The Hall–Kier alpha value is -3.19. The lowest BCUT2D eigenvalue weighted by atomic mass is 9.96. The molecule has 1 N–H and O–H groups in total. The molecule has 0 spiro atoms. The van der Waals surface area contributed by atoms with Crippen molar-refractivity contribution in [3.05, 3.63) is 77.1 Å². The molecule has 4 aromatic rings. The van der Waals surface area contributed by atoms with Crippen LogP contribution in [0.1, 0.15) is 30.7 Å². The number of likely N-dealkylation sites (tertiary alicyclic amines) is 1. The van der Waals surface area contributed by atoms with Crippen LogP contribution in [-0.2, 0) is 6.54 Å². The maximum atomic E-state index is 15.2. The fraction of sp³-hybridized carbons (Fsp3) is 0.269. The van der Waals surface area contributed by atoms with Crippen LogP contribution in [0.4, 0.5) is 17.6 Å². The molecule has 0 bridgehead atoms. The maximum absolute atomic E-state index is 15.2. The molecule has 0 radical (unpaired) electrons. The summed E-state index contributed by atoms with van der Waals surface area (Å²) in [5.74, 6) is -5.01. The monoisotopic (exact) mass is 453 g/mol. The molecule has 1 aliphatic heterocycles. The maximum Gasteiger partial charge on any atom is 0.170 e. The lowest BCUT2D eigenvalue weighted by Gasteiger charge is -2.26. The number of H-pyrrole nitrogens is 1. The van der Waals surface area contributed by atoms with Gasteiger partial charge in [-0.3, -0.25) is 4.90 Å². The third-order valence-electron chi connectivity index (χ3n) is 6.22. The molecule has 1 saturated heterocycles. The van der Waals surface area contributed by atoms with E-state index >= 15 is 17.6 Å². The third kappa shape index (κ3) is 4.02. The molecule has 0 unspecified atom stereocenters. The number of hydrogen-bond acceptors (Lipinski definition) is 2. The second-order valence-corrected chi connectivity index (χ2v) is 8.60. The number of fused-ring (bicyclic) bond motifs is 1. The first-order valence-corrected chi connectivity index (χ1v) is 11.1. The van der Waals surface area contributed by atoms with E-state index in [0.29, 0.717) is 23.4 Å². The molecule has 3 aromatic carbocycles. The molecule has 170 valence electrons. The summed E-state index contributed by atoms with van der Waals surface area (Å²) in [6.45, 7) is 4.30. The highest BCUT2D eigenvalue weighted by Crippen LogP contribution is 2.37. The minimum Gasteiger partial charge on any atom is -0.342 e. The Morgan fingerprint density at radius 1 is 0.818 bits per heavy atom. The number of aryl methyl sites for hydroxylation is 1. The van der Waals surface area contributed by atoms with Gasteiger partial charge in [0.25, 0.3) is 0 Å². The summed E-state index contributed by atoms with van der Waals surface area (Å²) < 4.78 is 60.6. The lowest BCUT2D eigenvalue weighted by molar-refractivity contribution is 0.221. The summed E-state index contributed by atoms with van der Waals surface area (Å²) in [4.78, 5) is 9.47. The SMILES string of the molecule is Cc1nc2ccc(-c3c(F)c(F)c(-c4cccc(CN5CCCCC5)c4)c(F)c3F)cc2[nH]1. The van der Waals surface area contributed by atoms with Crippen LogP contribution in [0.25, 0.3) is 33.3 Å². The second kappa shape index (κ2) is 8.63. The van der Waals surface area contributed by atoms with Crippen molar-refractivity contribution in [1.82, 2.24) is 14.9 Å². The van der Waals surface area contributed by atoms with Gasteiger partial charge in [-0.2, -0.15) is 0 Å². The van der Waals surface area contributed by atoms with Crippen molar-refractivity contribution in [3.63, 3.8) is 0 Å². The molecule has 1 aromatic heterocycles. The van der Waals surface area contributed by atoms with E-state index in [0.717, 1.165) is 31.5 Å². The minimum atomic E-state index is -1.42. The van der Waals surface area contributed by atoms with Crippen LogP contribution in [0.15, 0.2) is 42.5 Å². The number of aromatic amines is 1. The van der Waals surface area contributed by atoms with Crippen molar-refractivity contribution in [2.75, 3.05) is 13.1 Å². The average molecular weight is 453 g/mol. The zero-order chi connectivity index (χ0) is 23.1. The number of imidazole rings is 1. The Balaban J connectivity index is 1.56. The van der Waals surface area contributed by atoms with Gasteiger partial charge in [-0.25, -0.2) is 22.5 Å². The summed E-state index contributed by atoms with van der Waals surface area (Å²) in [6.07, 6.45) is 3.43. The molecule has 1 fully saturated rings. The Kier molecular flexibility index (Phi) is 5.66. The van der Waals surface area contributed by atoms with Gasteiger partial charge >= 0.3 is 0 Å². The highest BCUT2D eigenvalue weighted by molar-refractivity contribution is 5.83. The predicted octanol–water partition coefficient (Wildman–Crippen LogP) is 6.75. The number of nitrogens with one attached hydrogen (secondary N) is 1. The van der Waals surface area contributed by atoms with Crippen molar-refractivity contribution >= 4 is 11.0 Å². The second-order valence-electron chi connectivity index (χ2n) is 8.60. The van der Waals surface area contributed by atoms with Crippen LogP contribution in [0.5, 0.6) is 0 Å². The van der Waals surface area contributed by atoms with Crippen LogP contribution in [0.2, 0.25) is 0 Å². The molecule has 2 heterocycles. The number of benzene rings is 3. The smallest absolute Gasteiger partial charge is 0.170 e. The van der Waals surface area contributed by atoms with E-state index in [1.54, 1.807) is 25.1 Å². The van der Waals surface area contributed by atoms with Gasteiger partial charge in [0.2, 0.25) is 0 Å². The number of rotatable bonds is 4.